The molecule has 0 amide bonds. The highest BCUT2D eigenvalue weighted by Crippen LogP contribution is 1.97. The lowest BCUT2D eigenvalue weighted by atomic mass is 10.6. The smallest absolute Gasteiger partial charge is 0.147 e. The van der Waals surface area contributed by atoms with Crippen LogP contribution in [0.15, 0.2) is 0 Å². The standard InChI is InChI=1S/C5H12O2S2/c1-8-4-3-5-9(2,6)7/h3-5H2,1-2H3. The van der Waals surface area contributed by atoms with Gasteiger partial charge in [-0.05, 0) is 18.4 Å². The zero-order chi connectivity index (χ0) is 7.33. The molecule has 0 fully saturated rings. The van der Waals surface area contributed by atoms with E-state index in [0.717, 1.165) is 12.2 Å². The van der Waals surface area contributed by atoms with E-state index >= 15 is 0 Å². The molecule has 9 heavy (non-hydrogen) atoms. The summed E-state index contributed by atoms with van der Waals surface area (Å²) in [4.78, 5) is 0. The van der Waals surface area contributed by atoms with Gasteiger partial charge >= 0.3 is 0 Å². The van der Waals surface area contributed by atoms with Gasteiger partial charge in [0.2, 0.25) is 0 Å². The van der Waals surface area contributed by atoms with Gasteiger partial charge in [-0.3, -0.25) is 0 Å². The molecule has 0 aromatic rings. The van der Waals surface area contributed by atoms with Gasteiger partial charge in [0.15, 0.2) is 0 Å². The molecule has 0 aliphatic rings. The van der Waals surface area contributed by atoms with E-state index in [1.165, 1.54) is 6.26 Å². The Morgan fingerprint density at radius 3 is 2.33 bits per heavy atom. The summed E-state index contributed by atoms with van der Waals surface area (Å²) in [5, 5.41) is 0. The first-order valence-corrected chi connectivity index (χ1v) is 6.18. The van der Waals surface area contributed by atoms with Crippen molar-refractivity contribution in [2.75, 3.05) is 24.0 Å². The van der Waals surface area contributed by atoms with Crippen molar-refractivity contribution in [2.24, 2.45) is 0 Å². The summed E-state index contributed by atoms with van der Waals surface area (Å²) < 4.78 is 21.0. The molecule has 0 unspecified atom stereocenters. The largest absolute Gasteiger partial charge is 0.229 e. The van der Waals surface area contributed by atoms with Crippen LogP contribution >= 0.6 is 11.8 Å². The molecule has 0 spiro atoms. The predicted octanol–water partition coefficient (Wildman–Crippen LogP) is 0.784. The second-order valence-electron chi connectivity index (χ2n) is 1.98. The van der Waals surface area contributed by atoms with Crippen LogP contribution in [0.3, 0.4) is 0 Å². The van der Waals surface area contributed by atoms with Crippen LogP contribution in [0, 0.1) is 0 Å². The van der Waals surface area contributed by atoms with Crippen LogP contribution in [0.2, 0.25) is 0 Å². The van der Waals surface area contributed by atoms with Gasteiger partial charge in [-0.15, -0.1) is 0 Å². The van der Waals surface area contributed by atoms with E-state index < -0.39 is 9.84 Å². The quantitative estimate of drug-likeness (QED) is 0.582. The maximum absolute atomic E-state index is 10.5. The Morgan fingerprint density at radius 1 is 1.44 bits per heavy atom. The SMILES string of the molecule is CSCCCS(C)(=O)=O. The summed E-state index contributed by atoms with van der Waals surface area (Å²) in [5.74, 6) is 1.26. The normalized spacial score (nSPS) is 11.8. The van der Waals surface area contributed by atoms with Gasteiger partial charge in [-0.1, -0.05) is 0 Å². The highest BCUT2D eigenvalue weighted by molar-refractivity contribution is 7.98. The Morgan fingerprint density at radius 2 is 2.00 bits per heavy atom. The number of rotatable bonds is 4. The maximum atomic E-state index is 10.5. The first kappa shape index (κ1) is 9.30. The van der Waals surface area contributed by atoms with Crippen molar-refractivity contribution < 1.29 is 8.42 Å². The summed E-state index contributed by atoms with van der Waals surface area (Å²) >= 11 is 1.68. The van der Waals surface area contributed by atoms with Crippen LogP contribution in [0.25, 0.3) is 0 Å². The minimum atomic E-state index is -2.71. The molecular formula is C5H12O2S2. The molecule has 0 atom stereocenters. The van der Waals surface area contributed by atoms with Crippen molar-refractivity contribution >= 4 is 21.6 Å². The minimum absolute atomic E-state index is 0.327. The predicted molar refractivity (Wildman–Crippen MR) is 42.7 cm³/mol. The second kappa shape index (κ2) is 4.17. The summed E-state index contributed by atoms with van der Waals surface area (Å²) in [6, 6.07) is 0. The van der Waals surface area contributed by atoms with Crippen molar-refractivity contribution in [2.45, 2.75) is 6.42 Å². The Balaban J connectivity index is 3.30. The molecule has 0 heterocycles. The second-order valence-corrected chi connectivity index (χ2v) is 5.22. The van der Waals surface area contributed by atoms with E-state index in [-0.39, 0.29) is 0 Å². The van der Waals surface area contributed by atoms with Crippen LogP contribution in [0.1, 0.15) is 6.42 Å². The third-order valence-electron chi connectivity index (χ3n) is 0.864. The molecule has 4 heteroatoms. The van der Waals surface area contributed by atoms with E-state index in [9.17, 15) is 8.42 Å². The van der Waals surface area contributed by atoms with E-state index in [2.05, 4.69) is 0 Å². The van der Waals surface area contributed by atoms with E-state index in [1.54, 1.807) is 11.8 Å². The van der Waals surface area contributed by atoms with Gasteiger partial charge in [-0.25, -0.2) is 8.42 Å². The Bertz CT molecular complexity index is 148. The molecule has 0 aromatic heterocycles. The Hall–Kier alpha value is 0.300. The molecule has 56 valence electrons. The van der Waals surface area contributed by atoms with Crippen LogP contribution in [-0.2, 0) is 9.84 Å². The van der Waals surface area contributed by atoms with Gasteiger partial charge in [0, 0.05) is 6.26 Å². The van der Waals surface area contributed by atoms with Crippen molar-refractivity contribution in [3.05, 3.63) is 0 Å². The van der Waals surface area contributed by atoms with Crippen molar-refractivity contribution in [3.63, 3.8) is 0 Å². The average Bonchev–Trinajstić information content (AvgIpc) is 1.63. The number of hydrogen-bond acceptors (Lipinski definition) is 3. The molecule has 0 aliphatic carbocycles. The fourth-order valence-corrected chi connectivity index (χ4v) is 1.75. The molecule has 0 aliphatic heterocycles. The summed E-state index contributed by atoms with van der Waals surface area (Å²) in [5.41, 5.74) is 0. The van der Waals surface area contributed by atoms with Gasteiger partial charge < -0.3 is 0 Å². The Labute approximate surface area is 60.9 Å². The third-order valence-corrected chi connectivity index (χ3v) is 2.59. The minimum Gasteiger partial charge on any atom is -0.229 e. The zero-order valence-electron chi connectivity index (χ0n) is 5.75. The number of thioether (sulfide) groups is 1. The fraction of sp³-hybridized carbons (Fsp3) is 1.00. The first-order chi connectivity index (χ1) is 4.06. The molecule has 0 radical (unpaired) electrons. The van der Waals surface area contributed by atoms with Crippen LogP contribution in [-0.4, -0.2) is 32.4 Å². The van der Waals surface area contributed by atoms with E-state index in [1.807, 2.05) is 6.26 Å². The molecule has 0 saturated heterocycles. The Kier molecular flexibility index (Phi) is 4.31. The number of hydrogen-bond donors (Lipinski definition) is 0. The summed E-state index contributed by atoms with van der Waals surface area (Å²) in [6.45, 7) is 0. The average molecular weight is 168 g/mol. The fourth-order valence-electron chi connectivity index (χ4n) is 0.465. The monoisotopic (exact) mass is 168 g/mol. The lowest BCUT2D eigenvalue weighted by Crippen LogP contribution is -2.03. The topological polar surface area (TPSA) is 34.1 Å². The molecular weight excluding hydrogens is 156 g/mol. The van der Waals surface area contributed by atoms with Gasteiger partial charge in [-0.2, -0.15) is 11.8 Å². The molecule has 0 bridgehead atoms. The van der Waals surface area contributed by atoms with Crippen LogP contribution < -0.4 is 0 Å². The molecule has 0 rings (SSSR count). The lowest BCUT2D eigenvalue weighted by molar-refractivity contribution is 0.600. The maximum Gasteiger partial charge on any atom is 0.147 e. The number of sulfone groups is 1. The third kappa shape index (κ3) is 8.30. The molecule has 0 saturated carbocycles. The van der Waals surface area contributed by atoms with Crippen LogP contribution in [0.5, 0.6) is 0 Å². The highest BCUT2D eigenvalue weighted by Gasteiger charge is 1.99. The molecule has 0 aromatic carbocycles. The van der Waals surface area contributed by atoms with Crippen molar-refractivity contribution in [3.8, 4) is 0 Å². The molecule has 0 N–H and O–H groups in total. The van der Waals surface area contributed by atoms with Gasteiger partial charge in [0.1, 0.15) is 9.84 Å². The van der Waals surface area contributed by atoms with Crippen molar-refractivity contribution in [1.82, 2.24) is 0 Å². The van der Waals surface area contributed by atoms with Crippen molar-refractivity contribution in [1.29, 1.82) is 0 Å². The van der Waals surface area contributed by atoms with E-state index in [4.69, 9.17) is 0 Å². The summed E-state index contributed by atoms with van der Waals surface area (Å²) in [6.07, 6.45) is 4.02. The zero-order valence-corrected chi connectivity index (χ0v) is 7.39. The first-order valence-electron chi connectivity index (χ1n) is 2.73. The van der Waals surface area contributed by atoms with Gasteiger partial charge in [0.05, 0.1) is 5.75 Å². The summed E-state index contributed by atoms with van der Waals surface area (Å²) in [7, 11) is -2.71. The lowest BCUT2D eigenvalue weighted by Gasteiger charge is -1.94. The molecule has 2 nitrogen and oxygen atoms in total. The van der Waals surface area contributed by atoms with Gasteiger partial charge in [0.25, 0.3) is 0 Å². The van der Waals surface area contributed by atoms with E-state index in [0.29, 0.717) is 5.75 Å². The highest BCUT2D eigenvalue weighted by atomic mass is 32.2. The van der Waals surface area contributed by atoms with Crippen LogP contribution in [0.4, 0.5) is 0 Å².